The molecule has 28 heavy (non-hydrogen) atoms. The molecule has 3 rings (SSSR count). The van der Waals surface area contributed by atoms with Gasteiger partial charge in [0, 0.05) is 10.6 Å². The second-order valence-corrected chi connectivity index (χ2v) is 6.52. The number of ether oxygens (including phenoxy) is 2. The molecule has 0 unspecified atom stereocenters. The Kier molecular flexibility index (Phi) is 5.87. The summed E-state index contributed by atoms with van der Waals surface area (Å²) < 4.78 is 11.1. The molecule has 2 aromatic carbocycles. The summed E-state index contributed by atoms with van der Waals surface area (Å²) >= 11 is 12.4. The number of rotatable bonds is 5. The average Bonchev–Trinajstić information content (AvgIpc) is 2.64. The van der Waals surface area contributed by atoms with E-state index in [2.05, 4.69) is 0 Å². The lowest BCUT2D eigenvalue weighted by molar-refractivity contribution is -0.123. The van der Waals surface area contributed by atoms with Crippen LogP contribution in [0, 0.1) is 0 Å². The maximum absolute atomic E-state index is 11.9. The molecule has 0 aliphatic carbocycles. The molecule has 1 saturated heterocycles. The van der Waals surface area contributed by atoms with Crippen molar-refractivity contribution in [3.63, 3.8) is 0 Å². The zero-order chi connectivity index (χ0) is 20.3. The van der Waals surface area contributed by atoms with Gasteiger partial charge in [-0.1, -0.05) is 41.4 Å². The average molecular weight is 421 g/mol. The van der Waals surface area contributed by atoms with Crippen molar-refractivity contribution in [3.8, 4) is 11.5 Å². The van der Waals surface area contributed by atoms with Gasteiger partial charge in [-0.15, -0.1) is 0 Å². The maximum Gasteiger partial charge on any atom is 0.328 e. The third-order valence-corrected chi connectivity index (χ3v) is 4.49. The number of nitrogens with one attached hydrogen (secondary N) is 2. The van der Waals surface area contributed by atoms with Crippen LogP contribution in [0.25, 0.3) is 6.08 Å². The van der Waals surface area contributed by atoms with E-state index < -0.39 is 17.8 Å². The van der Waals surface area contributed by atoms with E-state index >= 15 is 0 Å². The number of methoxy groups -OCH3 is 1. The molecule has 2 N–H and O–H groups in total. The Morgan fingerprint density at radius 3 is 2.32 bits per heavy atom. The SMILES string of the molecule is COc1cc(C=C2C(=O)NC(=O)NC2=O)cc(Cl)c1OCc1ccccc1Cl. The third-order valence-electron chi connectivity index (χ3n) is 3.84. The number of carbonyl (C=O) groups excluding carboxylic acids is 3. The van der Waals surface area contributed by atoms with E-state index in [9.17, 15) is 14.4 Å². The molecule has 7 nitrogen and oxygen atoms in total. The van der Waals surface area contributed by atoms with Crippen LogP contribution in [-0.4, -0.2) is 25.0 Å². The highest BCUT2D eigenvalue weighted by atomic mass is 35.5. The Bertz CT molecular complexity index is 982. The van der Waals surface area contributed by atoms with Gasteiger partial charge >= 0.3 is 6.03 Å². The van der Waals surface area contributed by atoms with Crippen LogP contribution in [0.1, 0.15) is 11.1 Å². The minimum absolute atomic E-state index is 0.170. The Balaban J connectivity index is 1.88. The van der Waals surface area contributed by atoms with Crippen LogP contribution in [0.4, 0.5) is 4.79 Å². The van der Waals surface area contributed by atoms with Crippen molar-refractivity contribution in [2.45, 2.75) is 6.61 Å². The number of hydrogen-bond acceptors (Lipinski definition) is 5. The highest BCUT2D eigenvalue weighted by Gasteiger charge is 2.28. The lowest BCUT2D eigenvalue weighted by Gasteiger charge is -2.16. The van der Waals surface area contributed by atoms with Gasteiger partial charge in [0.15, 0.2) is 11.5 Å². The van der Waals surface area contributed by atoms with Crippen LogP contribution < -0.4 is 20.1 Å². The van der Waals surface area contributed by atoms with Crippen LogP contribution in [0.2, 0.25) is 10.0 Å². The summed E-state index contributed by atoms with van der Waals surface area (Å²) in [6.45, 7) is 0.170. The van der Waals surface area contributed by atoms with Gasteiger partial charge < -0.3 is 9.47 Å². The van der Waals surface area contributed by atoms with Crippen LogP contribution in [-0.2, 0) is 16.2 Å². The summed E-state index contributed by atoms with van der Waals surface area (Å²) in [5.74, 6) is -1.01. The van der Waals surface area contributed by atoms with E-state index in [0.29, 0.717) is 22.1 Å². The number of imide groups is 2. The van der Waals surface area contributed by atoms with E-state index in [1.165, 1.54) is 19.3 Å². The first-order valence-corrected chi connectivity index (χ1v) is 8.76. The summed E-state index contributed by atoms with van der Waals surface area (Å²) in [6.07, 6.45) is 1.29. The molecular formula is C19H14Cl2N2O5. The number of barbiturate groups is 1. The van der Waals surface area contributed by atoms with Crippen molar-refractivity contribution in [2.24, 2.45) is 0 Å². The van der Waals surface area contributed by atoms with Gasteiger partial charge in [-0.25, -0.2) is 4.79 Å². The van der Waals surface area contributed by atoms with E-state index in [4.69, 9.17) is 32.7 Å². The molecule has 1 fully saturated rings. The van der Waals surface area contributed by atoms with Gasteiger partial charge in [0.05, 0.1) is 12.1 Å². The Labute approximate surface area is 170 Å². The Morgan fingerprint density at radius 2 is 1.68 bits per heavy atom. The van der Waals surface area contributed by atoms with Crippen molar-refractivity contribution in [3.05, 3.63) is 63.1 Å². The predicted molar refractivity (Wildman–Crippen MR) is 103 cm³/mol. The van der Waals surface area contributed by atoms with Crippen molar-refractivity contribution in [2.75, 3.05) is 7.11 Å². The molecular weight excluding hydrogens is 407 g/mol. The Hall–Kier alpha value is -3.03. The monoisotopic (exact) mass is 420 g/mol. The number of benzene rings is 2. The zero-order valence-electron chi connectivity index (χ0n) is 14.5. The van der Waals surface area contributed by atoms with Crippen LogP contribution >= 0.6 is 23.2 Å². The van der Waals surface area contributed by atoms with Gasteiger partial charge in [0.1, 0.15) is 12.2 Å². The topological polar surface area (TPSA) is 93.7 Å². The number of halogens is 2. The van der Waals surface area contributed by atoms with Crippen LogP contribution in [0.3, 0.4) is 0 Å². The fourth-order valence-corrected chi connectivity index (χ4v) is 2.97. The first-order chi connectivity index (χ1) is 13.4. The molecule has 1 aliphatic rings. The van der Waals surface area contributed by atoms with Crippen molar-refractivity contribution < 1.29 is 23.9 Å². The van der Waals surface area contributed by atoms with E-state index in [1.807, 2.05) is 28.8 Å². The standard InChI is InChI=1S/C19H14Cl2N2O5/c1-27-15-8-10(6-12-17(24)22-19(26)23-18(12)25)7-14(21)16(15)28-9-11-4-2-3-5-13(11)20/h2-8H,9H2,1H3,(H2,22,23,24,25,26). The summed E-state index contributed by atoms with van der Waals surface area (Å²) in [5, 5.41) is 4.77. The lowest BCUT2D eigenvalue weighted by atomic mass is 10.1. The zero-order valence-corrected chi connectivity index (χ0v) is 16.1. The lowest BCUT2D eigenvalue weighted by Crippen LogP contribution is -2.51. The molecule has 0 saturated carbocycles. The molecule has 9 heteroatoms. The van der Waals surface area contributed by atoms with Gasteiger partial charge in [0.2, 0.25) is 0 Å². The second kappa shape index (κ2) is 8.33. The van der Waals surface area contributed by atoms with Gasteiger partial charge in [-0.2, -0.15) is 0 Å². The van der Waals surface area contributed by atoms with Gasteiger partial charge in [-0.05, 0) is 29.8 Å². The summed E-state index contributed by atoms with van der Waals surface area (Å²) in [6, 6.07) is 9.42. The molecule has 0 atom stereocenters. The third kappa shape index (κ3) is 4.27. The normalized spacial score (nSPS) is 13.7. The smallest absolute Gasteiger partial charge is 0.328 e. The van der Waals surface area contributed by atoms with Gasteiger partial charge in [-0.3, -0.25) is 20.2 Å². The van der Waals surface area contributed by atoms with Gasteiger partial charge in [0.25, 0.3) is 11.8 Å². The van der Waals surface area contributed by atoms with Crippen LogP contribution in [0.15, 0.2) is 42.0 Å². The van der Waals surface area contributed by atoms with E-state index in [-0.39, 0.29) is 17.2 Å². The van der Waals surface area contributed by atoms with E-state index in [1.54, 1.807) is 12.1 Å². The van der Waals surface area contributed by atoms with E-state index in [0.717, 1.165) is 5.56 Å². The fraction of sp³-hybridized carbons (Fsp3) is 0.105. The number of urea groups is 1. The maximum atomic E-state index is 11.9. The molecule has 2 aromatic rings. The molecule has 0 aromatic heterocycles. The molecule has 1 aliphatic heterocycles. The summed E-state index contributed by atoms with van der Waals surface area (Å²) in [7, 11) is 1.43. The summed E-state index contributed by atoms with van der Waals surface area (Å²) in [5.41, 5.74) is 0.956. The minimum Gasteiger partial charge on any atom is -0.493 e. The first kappa shape index (κ1) is 19.7. The predicted octanol–water partition coefficient (Wildman–Crippen LogP) is 3.33. The molecule has 0 bridgehead atoms. The number of amides is 4. The quantitative estimate of drug-likeness (QED) is 0.571. The first-order valence-electron chi connectivity index (χ1n) is 8.01. The van der Waals surface area contributed by atoms with Crippen molar-refractivity contribution in [1.29, 1.82) is 0 Å². The molecule has 1 heterocycles. The van der Waals surface area contributed by atoms with Crippen molar-refractivity contribution >= 4 is 47.1 Å². The highest BCUT2D eigenvalue weighted by molar-refractivity contribution is 6.33. The molecule has 4 amide bonds. The van der Waals surface area contributed by atoms with Crippen LogP contribution in [0.5, 0.6) is 11.5 Å². The Morgan fingerprint density at radius 1 is 1.00 bits per heavy atom. The molecule has 0 spiro atoms. The highest BCUT2D eigenvalue weighted by Crippen LogP contribution is 2.38. The molecule has 0 radical (unpaired) electrons. The molecule has 144 valence electrons. The minimum atomic E-state index is -0.869. The summed E-state index contributed by atoms with van der Waals surface area (Å²) in [4.78, 5) is 34.8. The fourth-order valence-electron chi connectivity index (χ4n) is 2.50. The van der Waals surface area contributed by atoms with Crippen molar-refractivity contribution in [1.82, 2.24) is 10.6 Å². The number of hydrogen-bond donors (Lipinski definition) is 2. The second-order valence-electron chi connectivity index (χ2n) is 5.71. The largest absolute Gasteiger partial charge is 0.493 e. The number of carbonyl (C=O) groups is 3.